The fourth-order valence-electron chi connectivity index (χ4n) is 1.93. The van der Waals surface area contributed by atoms with Gasteiger partial charge in [0.25, 0.3) is 0 Å². The highest BCUT2D eigenvalue weighted by molar-refractivity contribution is 5.85. The highest BCUT2D eigenvalue weighted by Crippen LogP contribution is 2.31. The van der Waals surface area contributed by atoms with Crippen LogP contribution in [0.3, 0.4) is 0 Å². The minimum Gasteiger partial charge on any atom is -0.489 e. The van der Waals surface area contributed by atoms with Gasteiger partial charge in [-0.2, -0.15) is 0 Å². The number of carbonyl (C=O) groups excluding carboxylic acids is 1. The summed E-state index contributed by atoms with van der Waals surface area (Å²) in [4.78, 5) is 10.9. The molecule has 0 N–H and O–H groups in total. The molecule has 0 saturated heterocycles. The average Bonchev–Trinajstić information content (AvgIpc) is 2.15. The number of Topliss-reactive ketones (excluding diaryl/α,β-unsaturated/α-hetero) is 1. The maximum Gasteiger partial charge on any atom is 0.140 e. The fourth-order valence-corrected chi connectivity index (χ4v) is 1.93. The largest absolute Gasteiger partial charge is 0.489 e. The molecule has 0 heterocycles. The Morgan fingerprint density at radius 2 is 2.00 bits per heavy atom. The Labute approximate surface area is 96.6 Å². The van der Waals surface area contributed by atoms with E-state index in [2.05, 4.69) is 39.0 Å². The van der Waals surface area contributed by atoms with E-state index in [1.54, 1.807) is 0 Å². The van der Waals surface area contributed by atoms with Crippen LogP contribution in [0.1, 0.15) is 43.7 Å². The minimum atomic E-state index is 0.104. The van der Waals surface area contributed by atoms with Crippen molar-refractivity contribution in [3.05, 3.63) is 29.3 Å². The van der Waals surface area contributed by atoms with Crippen LogP contribution in [0.5, 0.6) is 5.75 Å². The quantitative estimate of drug-likeness (QED) is 0.778. The van der Waals surface area contributed by atoms with E-state index in [1.165, 1.54) is 11.1 Å². The topological polar surface area (TPSA) is 26.3 Å². The van der Waals surface area contributed by atoms with Gasteiger partial charge in [-0.15, -0.1) is 0 Å². The van der Waals surface area contributed by atoms with Crippen LogP contribution < -0.4 is 4.74 Å². The molecule has 0 aliphatic heterocycles. The van der Waals surface area contributed by atoms with Crippen molar-refractivity contribution in [3.63, 3.8) is 0 Å². The summed E-state index contributed by atoms with van der Waals surface area (Å²) in [7, 11) is 0. The molecule has 2 rings (SSSR count). The number of hydrogen-bond donors (Lipinski definition) is 0. The van der Waals surface area contributed by atoms with E-state index in [9.17, 15) is 4.79 Å². The highest BCUT2D eigenvalue weighted by atomic mass is 16.5. The summed E-state index contributed by atoms with van der Waals surface area (Å²) in [6.07, 6.45) is 1.25. The van der Waals surface area contributed by atoms with Gasteiger partial charge in [0.15, 0.2) is 0 Å². The lowest BCUT2D eigenvalue weighted by atomic mass is 9.93. The zero-order chi connectivity index (χ0) is 11.7. The molecule has 1 aromatic carbocycles. The molecule has 0 bridgehead atoms. The second-order valence-electron chi connectivity index (χ2n) is 4.88. The highest BCUT2D eigenvalue weighted by Gasteiger charge is 2.29. The van der Waals surface area contributed by atoms with Crippen LogP contribution >= 0.6 is 0 Å². The predicted octanol–water partition coefficient (Wildman–Crippen LogP) is 3.23. The normalized spacial score (nSPS) is 16.4. The Morgan fingerprint density at radius 1 is 1.31 bits per heavy atom. The molecule has 1 aliphatic carbocycles. The number of hydrogen-bond acceptors (Lipinski definition) is 2. The molecule has 1 fully saturated rings. The SMILES string of the molecule is Cc1ccc(C(C)C)c(OC2CC(=O)C2)c1. The van der Waals surface area contributed by atoms with Gasteiger partial charge in [-0.3, -0.25) is 4.79 Å². The first-order valence-electron chi connectivity index (χ1n) is 5.85. The van der Waals surface area contributed by atoms with Crippen LogP contribution in [0.15, 0.2) is 18.2 Å². The fraction of sp³-hybridized carbons (Fsp3) is 0.500. The van der Waals surface area contributed by atoms with Crippen LogP contribution in [-0.2, 0) is 4.79 Å². The Bertz CT molecular complexity index is 399. The third kappa shape index (κ3) is 2.26. The first-order valence-corrected chi connectivity index (χ1v) is 5.85. The van der Waals surface area contributed by atoms with Gasteiger partial charge in [-0.05, 0) is 30.0 Å². The molecule has 0 amide bonds. The summed E-state index contributed by atoms with van der Waals surface area (Å²) in [6.45, 7) is 6.37. The Balaban J connectivity index is 2.17. The van der Waals surface area contributed by atoms with Crippen molar-refractivity contribution in [1.29, 1.82) is 0 Å². The predicted molar refractivity (Wildman–Crippen MR) is 63.9 cm³/mol. The number of ketones is 1. The monoisotopic (exact) mass is 218 g/mol. The summed E-state index contributed by atoms with van der Waals surface area (Å²) < 4.78 is 5.87. The molecule has 1 aromatic rings. The van der Waals surface area contributed by atoms with Gasteiger partial charge in [0.2, 0.25) is 0 Å². The molecular weight excluding hydrogens is 200 g/mol. The minimum absolute atomic E-state index is 0.104. The van der Waals surface area contributed by atoms with Gasteiger partial charge in [-0.25, -0.2) is 0 Å². The Hall–Kier alpha value is -1.31. The van der Waals surface area contributed by atoms with Crippen molar-refractivity contribution in [2.75, 3.05) is 0 Å². The van der Waals surface area contributed by atoms with E-state index in [4.69, 9.17) is 4.74 Å². The van der Waals surface area contributed by atoms with Crippen LogP contribution in [0.25, 0.3) is 0 Å². The second kappa shape index (κ2) is 4.28. The van der Waals surface area contributed by atoms with Crippen molar-refractivity contribution >= 4 is 5.78 Å². The summed E-state index contributed by atoms with van der Waals surface area (Å²) >= 11 is 0. The second-order valence-corrected chi connectivity index (χ2v) is 4.88. The summed E-state index contributed by atoms with van der Waals surface area (Å²) in [5.41, 5.74) is 2.43. The third-order valence-electron chi connectivity index (χ3n) is 3.00. The average molecular weight is 218 g/mol. The van der Waals surface area contributed by atoms with Crippen molar-refractivity contribution in [1.82, 2.24) is 0 Å². The zero-order valence-electron chi connectivity index (χ0n) is 10.1. The smallest absolute Gasteiger partial charge is 0.140 e. The standard InChI is InChI=1S/C14H18O2/c1-9(2)13-5-4-10(3)6-14(13)16-12-7-11(15)8-12/h4-6,9,12H,7-8H2,1-3H3. The maximum absolute atomic E-state index is 10.9. The van der Waals surface area contributed by atoms with Gasteiger partial charge < -0.3 is 4.74 Å². The molecule has 0 spiro atoms. The first kappa shape index (κ1) is 11.2. The van der Waals surface area contributed by atoms with Crippen LogP contribution in [0, 0.1) is 6.92 Å². The first-order chi connectivity index (χ1) is 7.56. The molecule has 0 unspecified atom stereocenters. The Morgan fingerprint density at radius 3 is 2.56 bits per heavy atom. The lowest BCUT2D eigenvalue weighted by molar-refractivity contribution is -0.129. The number of aryl methyl sites for hydroxylation is 1. The molecule has 2 nitrogen and oxygen atoms in total. The summed E-state index contributed by atoms with van der Waals surface area (Å²) in [5.74, 6) is 1.71. The molecule has 0 atom stereocenters. The van der Waals surface area contributed by atoms with Crippen LogP contribution in [0.2, 0.25) is 0 Å². The molecule has 2 heteroatoms. The van der Waals surface area contributed by atoms with E-state index in [-0.39, 0.29) is 6.10 Å². The maximum atomic E-state index is 10.9. The van der Waals surface area contributed by atoms with E-state index in [0.717, 1.165) is 5.75 Å². The van der Waals surface area contributed by atoms with Gasteiger partial charge in [0, 0.05) is 12.8 Å². The molecular formula is C14H18O2. The molecule has 1 saturated carbocycles. The lowest BCUT2D eigenvalue weighted by Crippen LogP contribution is -2.34. The van der Waals surface area contributed by atoms with E-state index < -0.39 is 0 Å². The van der Waals surface area contributed by atoms with Crippen molar-refractivity contribution in [3.8, 4) is 5.75 Å². The molecule has 0 radical (unpaired) electrons. The van der Waals surface area contributed by atoms with Crippen molar-refractivity contribution < 1.29 is 9.53 Å². The molecule has 86 valence electrons. The van der Waals surface area contributed by atoms with Crippen molar-refractivity contribution in [2.45, 2.75) is 45.6 Å². The number of rotatable bonds is 3. The van der Waals surface area contributed by atoms with E-state index >= 15 is 0 Å². The summed E-state index contributed by atoms with van der Waals surface area (Å²) in [5, 5.41) is 0. The molecule has 16 heavy (non-hydrogen) atoms. The van der Waals surface area contributed by atoms with Crippen molar-refractivity contribution in [2.24, 2.45) is 0 Å². The number of carbonyl (C=O) groups is 1. The van der Waals surface area contributed by atoms with Crippen LogP contribution in [-0.4, -0.2) is 11.9 Å². The van der Waals surface area contributed by atoms with Crippen LogP contribution in [0.4, 0.5) is 0 Å². The molecule has 0 aromatic heterocycles. The van der Waals surface area contributed by atoms with Gasteiger partial charge >= 0.3 is 0 Å². The van der Waals surface area contributed by atoms with E-state index in [0.29, 0.717) is 24.5 Å². The number of benzene rings is 1. The third-order valence-corrected chi connectivity index (χ3v) is 3.00. The van der Waals surface area contributed by atoms with E-state index in [1.807, 2.05) is 0 Å². The van der Waals surface area contributed by atoms with Gasteiger partial charge in [-0.1, -0.05) is 26.0 Å². The van der Waals surface area contributed by atoms with Gasteiger partial charge in [0.05, 0.1) is 0 Å². The van der Waals surface area contributed by atoms with Gasteiger partial charge in [0.1, 0.15) is 17.6 Å². The lowest BCUT2D eigenvalue weighted by Gasteiger charge is -2.27. The summed E-state index contributed by atoms with van der Waals surface area (Å²) in [6, 6.07) is 6.29. The zero-order valence-corrected chi connectivity index (χ0v) is 10.1. The molecule has 1 aliphatic rings. The number of ether oxygens (including phenoxy) is 1. The Kier molecular flexibility index (Phi) is 2.99.